The lowest BCUT2D eigenvalue weighted by Gasteiger charge is -2.04. The summed E-state index contributed by atoms with van der Waals surface area (Å²) in [6, 6.07) is 43.4. The van der Waals surface area contributed by atoms with Crippen LogP contribution in [0.5, 0.6) is 0 Å². The number of halogens is 4. The minimum Gasteiger partial charge on any atom is -0.287 e. The zero-order chi connectivity index (χ0) is 71.6. The number of carbonyl (C=O) groups excluding carboxylic acids is 4. The monoisotopic (exact) mass is 1710 g/mol. The van der Waals surface area contributed by atoms with Crippen molar-refractivity contribution < 1.29 is 54.2 Å². The fourth-order valence-corrected chi connectivity index (χ4v) is 9.71. The van der Waals surface area contributed by atoms with Crippen molar-refractivity contribution in [2.24, 2.45) is 0 Å². The molecule has 0 atom stereocenters. The summed E-state index contributed by atoms with van der Waals surface area (Å²) < 4.78 is 69.8. The molecule has 0 unspecified atom stereocenters. The Bertz CT molecular complexity index is 5150. The van der Waals surface area contributed by atoms with Gasteiger partial charge >= 0.3 is 20.8 Å². The van der Waals surface area contributed by atoms with Gasteiger partial charge in [0.15, 0.2) is 22.6 Å². The van der Waals surface area contributed by atoms with E-state index in [4.69, 9.17) is 35.0 Å². The molecule has 0 bridgehead atoms. The predicted octanol–water partition coefficient (Wildman–Crippen LogP) is 13.5. The summed E-state index contributed by atoms with van der Waals surface area (Å²) in [5, 5.41) is 17.3. The molecule has 4 N–H and O–H groups in total. The average molecular weight is 1720 g/mol. The maximum Gasteiger partial charge on any atom is 0.394 e. The largest absolute Gasteiger partial charge is 0.394 e. The Labute approximate surface area is 670 Å². The number of aromatic nitrogens is 20. The van der Waals surface area contributed by atoms with Crippen LogP contribution >= 0.6 is 58.8 Å². The van der Waals surface area contributed by atoms with Gasteiger partial charge in [-0.25, -0.2) is 38.0 Å². The van der Waals surface area contributed by atoms with Gasteiger partial charge < -0.3 is 0 Å². The molecule has 0 aliphatic carbocycles. The van der Waals surface area contributed by atoms with Crippen LogP contribution < -0.4 is 0 Å². The molecule has 16 rings (SSSR count). The standard InChI is InChI=1S/4C17H11N5O.5CH4.2BrH.2ClH.2H2O4S/c4*23-16(14-3-1-2-7-19-14)13-11-21-22-15(6-10-20-17(13)22)12-4-8-18-9-5-12;;;;;;;;;;2*1-5(2,3)4/h4*1-11H;5*1H4;4*1H;2*(H2,1,2,3,4). The molecule has 0 amide bonds. The van der Waals surface area contributed by atoms with Crippen LogP contribution in [-0.2, 0) is 20.8 Å². The van der Waals surface area contributed by atoms with E-state index in [2.05, 4.69) is 80.2 Å². The second-order valence-corrected chi connectivity index (χ2v) is 22.3. The van der Waals surface area contributed by atoms with Gasteiger partial charge in [0.25, 0.3) is 0 Å². The highest BCUT2D eigenvalue weighted by molar-refractivity contribution is 8.93. The smallest absolute Gasteiger partial charge is 0.287 e. The molecule has 0 aliphatic heterocycles. The fraction of sp³-hybridized carbons (Fsp3) is 0.0685. The Hall–Kier alpha value is -12.4. The quantitative estimate of drug-likeness (QED) is 0.0652. The third-order valence-electron chi connectivity index (χ3n) is 14.1. The SMILES string of the molecule is Br.Br.C.C.C.C.C.Cl.Cl.O=C(c1ccccn1)c1cnn2c(-c3ccncc3)ccnc12.O=C(c1ccccn1)c1cnn2c(-c3ccncc3)ccnc12.O=C(c1ccccn1)c1cnn2c(-c3ccncc3)ccnc12.O=C(c1ccccn1)c1cnn2c(-c3ccncc3)ccnc12.O=S(=O)(O)O.O=S(=O)(O)O. The zero-order valence-corrected chi connectivity index (χ0v) is 60.5. The number of rotatable bonds is 12. The second kappa shape index (κ2) is 44.2. The molecule has 16 aromatic heterocycles. The molecule has 111 heavy (non-hydrogen) atoms. The highest BCUT2D eigenvalue weighted by Crippen LogP contribution is 2.26. The highest BCUT2D eigenvalue weighted by Gasteiger charge is 2.23. The number of ketones is 4. The van der Waals surface area contributed by atoms with E-state index in [1.165, 1.54) is 24.8 Å². The van der Waals surface area contributed by atoms with Gasteiger partial charge in [0.05, 0.1) is 69.8 Å². The first-order valence-corrected chi connectivity index (χ1v) is 32.3. The van der Waals surface area contributed by atoms with Crippen molar-refractivity contribution in [1.82, 2.24) is 98.3 Å². The Morgan fingerprint density at radius 1 is 0.261 bits per heavy atom. The van der Waals surface area contributed by atoms with Crippen LogP contribution in [0.3, 0.4) is 0 Å². The second-order valence-electron chi connectivity index (χ2n) is 20.5. The number of pyridine rings is 8. The van der Waals surface area contributed by atoms with Crippen molar-refractivity contribution in [3.8, 4) is 45.0 Å². The van der Waals surface area contributed by atoms with Crippen LogP contribution in [0.4, 0.5) is 0 Å². The van der Waals surface area contributed by atoms with E-state index in [1.54, 1.807) is 190 Å². The van der Waals surface area contributed by atoms with Crippen molar-refractivity contribution in [1.29, 1.82) is 0 Å². The van der Waals surface area contributed by atoms with Gasteiger partial charge in [0, 0.05) is 121 Å². The first-order valence-electron chi connectivity index (χ1n) is 29.5. The number of carbonyl (C=O) groups is 4. The molecule has 32 nitrogen and oxygen atoms in total. The summed E-state index contributed by atoms with van der Waals surface area (Å²) >= 11 is 0. The highest BCUT2D eigenvalue weighted by atomic mass is 79.9. The molecule has 0 spiro atoms. The minimum absolute atomic E-state index is 0. The van der Waals surface area contributed by atoms with Crippen molar-refractivity contribution >= 4 is 125 Å². The molecule has 576 valence electrons. The lowest BCUT2D eigenvalue weighted by molar-refractivity contribution is 0.102. The lowest BCUT2D eigenvalue weighted by atomic mass is 10.1. The molecule has 38 heteroatoms. The van der Waals surface area contributed by atoms with Gasteiger partial charge in [0.2, 0.25) is 23.1 Å². The molecular weight excluding hydrogens is 1640 g/mol. The molecule has 0 fully saturated rings. The normalized spacial score (nSPS) is 9.98. The van der Waals surface area contributed by atoms with E-state index >= 15 is 0 Å². The van der Waals surface area contributed by atoms with E-state index in [9.17, 15) is 19.2 Å². The number of hydrogen-bond donors (Lipinski definition) is 4. The molecule has 16 heterocycles. The molecular formula is C73H72Br2Cl2N20O12S2. The van der Waals surface area contributed by atoms with Gasteiger partial charge in [-0.2, -0.15) is 37.2 Å². The van der Waals surface area contributed by atoms with Crippen LogP contribution in [0.25, 0.3) is 67.6 Å². The molecule has 0 aromatic carbocycles. The Kier molecular flexibility index (Phi) is 37.7. The first kappa shape index (κ1) is 94.7. The minimum atomic E-state index is -4.67. The van der Waals surface area contributed by atoms with Crippen LogP contribution in [0.2, 0.25) is 0 Å². The van der Waals surface area contributed by atoms with Gasteiger partial charge in [-0.3, -0.25) is 77.3 Å². The first-order chi connectivity index (χ1) is 49.4. The maximum atomic E-state index is 12.6. The van der Waals surface area contributed by atoms with E-state index in [1.807, 2.05) is 72.8 Å². The van der Waals surface area contributed by atoms with Crippen molar-refractivity contribution in [2.45, 2.75) is 37.1 Å². The molecule has 0 saturated carbocycles. The van der Waals surface area contributed by atoms with Crippen molar-refractivity contribution in [2.75, 3.05) is 0 Å². The van der Waals surface area contributed by atoms with Crippen molar-refractivity contribution in [3.05, 3.63) is 315 Å². The van der Waals surface area contributed by atoms with Gasteiger partial charge in [-0.05, 0) is 121 Å². The molecule has 0 radical (unpaired) electrons. The predicted molar refractivity (Wildman–Crippen MR) is 433 cm³/mol. The number of nitrogens with zero attached hydrogens (tertiary/aromatic N) is 20. The van der Waals surface area contributed by atoms with Crippen LogP contribution in [-0.4, -0.2) is 156 Å². The summed E-state index contributed by atoms with van der Waals surface area (Å²) in [5.74, 6) is -0.778. The summed E-state index contributed by atoms with van der Waals surface area (Å²) in [6.45, 7) is 0. The fourth-order valence-electron chi connectivity index (χ4n) is 9.71. The van der Waals surface area contributed by atoms with Crippen molar-refractivity contribution in [3.63, 3.8) is 0 Å². The van der Waals surface area contributed by atoms with E-state index in [-0.39, 0.29) is 119 Å². The van der Waals surface area contributed by atoms with E-state index in [0.29, 0.717) is 67.6 Å². The number of hydrogen-bond acceptors (Lipinski definition) is 24. The Morgan fingerprint density at radius 2 is 0.441 bits per heavy atom. The third kappa shape index (κ3) is 24.3. The molecule has 0 aliphatic rings. The third-order valence-corrected chi connectivity index (χ3v) is 14.1. The van der Waals surface area contributed by atoms with E-state index < -0.39 is 20.8 Å². The summed E-state index contributed by atoms with van der Waals surface area (Å²) in [4.78, 5) is 100. The topological polar surface area (TPSA) is 441 Å². The van der Waals surface area contributed by atoms with Crippen LogP contribution in [0, 0.1) is 0 Å². The summed E-state index contributed by atoms with van der Waals surface area (Å²) in [7, 11) is -9.33. The van der Waals surface area contributed by atoms with Crippen LogP contribution in [0.1, 0.15) is 101 Å². The molecule has 0 saturated heterocycles. The summed E-state index contributed by atoms with van der Waals surface area (Å²) in [6.07, 6.45) is 32.9. The zero-order valence-electron chi connectivity index (χ0n) is 53.9. The number of fused-ring (bicyclic) bond motifs is 4. The van der Waals surface area contributed by atoms with Gasteiger partial charge in [-0.15, -0.1) is 58.8 Å². The Balaban J connectivity index is 0.000000469. The lowest BCUT2D eigenvalue weighted by Crippen LogP contribution is -2.04. The van der Waals surface area contributed by atoms with Gasteiger partial charge in [0.1, 0.15) is 22.8 Å². The summed E-state index contributed by atoms with van der Waals surface area (Å²) in [5.41, 5.74) is 12.4. The van der Waals surface area contributed by atoms with E-state index in [0.717, 1.165) is 45.0 Å². The van der Waals surface area contributed by atoms with Gasteiger partial charge in [-0.1, -0.05) is 61.4 Å². The van der Waals surface area contributed by atoms with Crippen LogP contribution in [0.15, 0.2) is 270 Å². The average Bonchev–Trinajstić information content (AvgIpc) is 1.69. The molecule has 16 aromatic rings. The Morgan fingerprint density at radius 3 is 0.604 bits per heavy atom. The maximum absolute atomic E-state index is 12.6.